The summed E-state index contributed by atoms with van der Waals surface area (Å²) in [5.74, 6) is 1.42. The van der Waals surface area contributed by atoms with Gasteiger partial charge in [-0.25, -0.2) is 4.79 Å². The number of para-hydroxylation sites is 1. The summed E-state index contributed by atoms with van der Waals surface area (Å²) in [6, 6.07) is 17.3. The van der Waals surface area contributed by atoms with E-state index in [1.807, 2.05) is 30.3 Å². The lowest BCUT2D eigenvalue weighted by Crippen LogP contribution is -2.29. The van der Waals surface area contributed by atoms with Crippen LogP contribution in [0, 0.1) is 0 Å². The summed E-state index contributed by atoms with van der Waals surface area (Å²) in [5.41, 5.74) is 1.29. The predicted molar refractivity (Wildman–Crippen MR) is 113 cm³/mol. The molecule has 0 spiro atoms. The summed E-state index contributed by atoms with van der Waals surface area (Å²) in [7, 11) is 0. The Bertz CT molecular complexity index is 706. The lowest BCUT2D eigenvalue weighted by molar-refractivity contribution is 0.199. The lowest BCUT2D eigenvalue weighted by Gasteiger charge is -2.26. The van der Waals surface area contributed by atoms with Crippen LogP contribution in [0.4, 0.5) is 4.79 Å². The van der Waals surface area contributed by atoms with Gasteiger partial charge in [0.05, 0.1) is 6.61 Å². The predicted octanol–water partition coefficient (Wildman–Crippen LogP) is 4.65. The van der Waals surface area contributed by atoms with Crippen LogP contribution in [0.3, 0.4) is 0 Å². The molecule has 6 heteroatoms. The molecule has 3 rings (SSSR count). The average Bonchev–Trinajstić information content (AvgIpc) is 2.70. The maximum Gasteiger partial charge on any atom is 0.412 e. The highest BCUT2D eigenvalue weighted by atomic mass is 35.5. The van der Waals surface area contributed by atoms with E-state index in [-0.39, 0.29) is 12.4 Å². The number of amides is 1. The molecule has 1 aliphatic heterocycles. The van der Waals surface area contributed by atoms with Crippen LogP contribution in [0.25, 0.3) is 0 Å². The molecule has 0 unspecified atom stereocenters. The van der Waals surface area contributed by atoms with Gasteiger partial charge in [-0.15, -0.1) is 12.4 Å². The van der Waals surface area contributed by atoms with Gasteiger partial charge in [0.1, 0.15) is 11.5 Å². The Morgan fingerprint density at radius 1 is 0.964 bits per heavy atom. The third-order valence-electron chi connectivity index (χ3n) is 4.57. The Balaban J connectivity index is 0.00000280. The van der Waals surface area contributed by atoms with E-state index in [4.69, 9.17) is 9.47 Å². The number of nitrogens with one attached hydrogen (secondary N) is 1. The van der Waals surface area contributed by atoms with Crippen molar-refractivity contribution in [2.45, 2.75) is 32.2 Å². The Morgan fingerprint density at radius 3 is 2.50 bits per heavy atom. The standard InChI is InChI=1S/C22H28N2O3.ClH/c25-22(27-20-10-3-1-4-11-20)23-13-8-16-26-21-12-7-9-19(17-21)18-24-14-5-2-6-15-24;/h1,3-4,7,9-12,17H,2,5-6,8,13-16,18H2,(H,23,25);1H. The molecule has 0 saturated carbocycles. The molecule has 1 aliphatic rings. The van der Waals surface area contributed by atoms with Crippen molar-refractivity contribution in [3.05, 3.63) is 60.2 Å². The number of nitrogens with zero attached hydrogens (tertiary/aromatic N) is 1. The zero-order chi connectivity index (χ0) is 18.7. The molecule has 0 radical (unpaired) electrons. The third-order valence-corrected chi connectivity index (χ3v) is 4.57. The maximum atomic E-state index is 11.7. The molecule has 28 heavy (non-hydrogen) atoms. The molecule has 1 saturated heterocycles. The van der Waals surface area contributed by atoms with Crippen molar-refractivity contribution in [2.24, 2.45) is 0 Å². The summed E-state index contributed by atoms with van der Waals surface area (Å²) in [6.07, 6.45) is 4.24. The first kappa shape index (κ1) is 22.1. The number of piperidine rings is 1. The number of benzene rings is 2. The van der Waals surface area contributed by atoms with Gasteiger partial charge in [0, 0.05) is 13.1 Å². The highest BCUT2D eigenvalue weighted by Crippen LogP contribution is 2.17. The van der Waals surface area contributed by atoms with Gasteiger partial charge in [-0.2, -0.15) is 0 Å². The number of hydrogen-bond acceptors (Lipinski definition) is 4. The van der Waals surface area contributed by atoms with Crippen molar-refractivity contribution in [1.82, 2.24) is 10.2 Å². The Kier molecular flexibility index (Phi) is 9.66. The average molecular weight is 405 g/mol. The number of carbonyl (C=O) groups excluding carboxylic acids is 1. The van der Waals surface area contributed by atoms with Crippen molar-refractivity contribution in [3.8, 4) is 11.5 Å². The molecule has 0 atom stereocenters. The van der Waals surface area contributed by atoms with Crippen LogP contribution < -0.4 is 14.8 Å². The molecule has 0 aromatic heterocycles. The van der Waals surface area contributed by atoms with Gasteiger partial charge in [-0.05, 0) is 62.2 Å². The topological polar surface area (TPSA) is 50.8 Å². The zero-order valence-electron chi connectivity index (χ0n) is 16.1. The third kappa shape index (κ3) is 7.79. The van der Waals surface area contributed by atoms with E-state index in [0.717, 1.165) is 18.7 Å². The molecular formula is C22H29ClN2O3. The molecule has 5 nitrogen and oxygen atoms in total. The number of ether oxygens (including phenoxy) is 2. The number of rotatable bonds is 8. The second-order valence-electron chi connectivity index (χ2n) is 6.82. The van der Waals surface area contributed by atoms with Crippen LogP contribution in [0.15, 0.2) is 54.6 Å². The van der Waals surface area contributed by atoms with E-state index in [2.05, 4.69) is 22.3 Å². The quantitative estimate of drug-likeness (QED) is 0.650. The van der Waals surface area contributed by atoms with E-state index in [9.17, 15) is 4.79 Å². The van der Waals surface area contributed by atoms with E-state index < -0.39 is 6.09 Å². The van der Waals surface area contributed by atoms with Gasteiger partial charge in [-0.1, -0.05) is 36.8 Å². The van der Waals surface area contributed by atoms with Crippen LogP contribution >= 0.6 is 12.4 Å². The van der Waals surface area contributed by atoms with Crippen molar-refractivity contribution >= 4 is 18.5 Å². The van der Waals surface area contributed by atoms with Gasteiger partial charge >= 0.3 is 6.09 Å². The number of halogens is 1. The van der Waals surface area contributed by atoms with E-state index in [0.29, 0.717) is 18.9 Å². The second kappa shape index (κ2) is 12.3. The minimum Gasteiger partial charge on any atom is -0.494 e. The number of carbonyl (C=O) groups is 1. The largest absolute Gasteiger partial charge is 0.494 e. The minimum atomic E-state index is -0.440. The first-order valence-electron chi connectivity index (χ1n) is 9.74. The highest BCUT2D eigenvalue weighted by molar-refractivity contribution is 5.85. The van der Waals surface area contributed by atoms with Gasteiger partial charge < -0.3 is 14.8 Å². The summed E-state index contributed by atoms with van der Waals surface area (Å²) in [6.45, 7) is 4.44. The van der Waals surface area contributed by atoms with Crippen molar-refractivity contribution in [1.29, 1.82) is 0 Å². The van der Waals surface area contributed by atoms with E-state index in [1.54, 1.807) is 12.1 Å². The van der Waals surface area contributed by atoms with E-state index >= 15 is 0 Å². The van der Waals surface area contributed by atoms with Gasteiger partial charge in [0.15, 0.2) is 0 Å². The number of likely N-dealkylation sites (tertiary alicyclic amines) is 1. The molecule has 1 fully saturated rings. The normalized spacial score (nSPS) is 14.0. The van der Waals surface area contributed by atoms with Crippen LogP contribution in [0.2, 0.25) is 0 Å². The first-order chi connectivity index (χ1) is 13.3. The van der Waals surface area contributed by atoms with Crippen molar-refractivity contribution in [2.75, 3.05) is 26.2 Å². The van der Waals surface area contributed by atoms with Gasteiger partial charge in [-0.3, -0.25) is 4.90 Å². The maximum absolute atomic E-state index is 11.7. The molecule has 1 amide bonds. The molecule has 1 N–H and O–H groups in total. The summed E-state index contributed by atoms with van der Waals surface area (Å²) < 4.78 is 11.0. The smallest absolute Gasteiger partial charge is 0.412 e. The van der Waals surface area contributed by atoms with Crippen LogP contribution in [0.5, 0.6) is 11.5 Å². The summed E-state index contributed by atoms with van der Waals surface area (Å²) in [5, 5.41) is 2.74. The Labute approximate surface area is 173 Å². The van der Waals surface area contributed by atoms with Crippen LogP contribution in [0.1, 0.15) is 31.2 Å². The lowest BCUT2D eigenvalue weighted by atomic mass is 10.1. The summed E-state index contributed by atoms with van der Waals surface area (Å²) >= 11 is 0. The first-order valence-corrected chi connectivity index (χ1v) is 9.74. The van der Waals surface area contributed by atoms with Crippen molar-refractivity contribution in [3.63, 3.8) is 0 Å². The molecule has 0 bridgehead atoms. The van der Waals surface area contributed by atoms with Crippen LogP contribution in [-0.4, -0.2) is 37.2 Å². The molecular weight excluding hydrogens is 376 g/mol. The monoisotopic (exact) mass is 404 g/mol. The summed E-state index contributed by atoms with van der Waals surface area (Å²) in [4.78, 5) is 14.2. The van der Waals surface area contributed by atoms with Gasteiger partial charge in [0.2, 0.25) is 0 Å². The Morgan fingerprint density at radius 2 is 1.71 bits per heavy atom. The number of hydrogen-bond donors (Lipinski definition) is 1. The zero-order valence-corrected chi connectivity index (χ0v) is 17.0. The fourth-order valence-electron chi connectivity index (χ4n) is 3.19. The fraction of sp³-hybridized carbons (Fsp3) is 0.409. The molecule has 1 heterocycles. The fourth-order valence-corrected chi connectivity index (χ4v) is 3.19. The van der Waals surface area contributed by atoms with Crippen LogP contribution in [-0.2, 0) is 6.54 Å². The van der Waals surface area contributed by atoms with E-state index in [1.165, 1.54) is 37.9 Å². The molecule has 2 aromatic carbocycles. The molecule has 2 aromatic rings. The minimum absolute atomic E-state index is 0. The highest BCUT2D eigenvalue weighted by Gasteiger charge is 2.10. The SMILES string of the molecule is Cl.O=C(NCCCOc1cccc(CN2CCCCC2)c1)Oc1ccccc1. The van der Waals surface area contributed by atoms with Gasteiger partial charge in [0.25, 0.3) is 0 Å². The second-order valence-corrected chi connectivity index (χ2v) is 6.82. The van der Waals surface area contributed by atoms with Crippen molar-refractivity contribution < 1.29 is 14.3 Å². The Hall–Kier alpha value is -2.24. The molecule has 152 valence electrons. The molecule has 0 aliphatic carbocycles.